The predicted molar refractivity (Wildman–Crippen MR) is 84.5 cm³/mol. The van der Waals surface area contributed by atoms with Crippen LogP contribution in [0.2, 0.25) is 5.02 Å². The molecule has 1 atom stereocenters. The Bertz CT molecular complexity index is 722. The van der Waals surface area contributed by atoms with E-state index in [2.05, 4.69) is 15.5 Å². The Kier molecular flexibility index (Phi) is 4.34. The summed E-state index contributed by atoms with van der Waals surface area (Å²) < 4.78 is 0. The van der Waals surface area contributed by atoms with E-state index in [-0.39, 0.29) is 12.1 Å². The van der Waals surface area contributed by atoms with Crippen molar-refractivity contribution in [1.29, 1.82) is 0 Å². The molecule has 0 aliphatic heterocycles. The number of amides is 1. The third-order valence-electron chi connectivity index (χ3n) is 3.80. The molecular formula is C16H16ClN3O3. The number of rotatable bonds is 6. The topological polar surface area (TPSA) is 95.1 Å². The van der Waals surface area contributed by atoms with Crippen molar-refractivity contribution in [2.45, 2.75) is 31.2 Å². The normalized spacial score (nSPS) is 15.2. The Morgan fingerprint density at radius 3 is 2.65 bits per heavy atom. The summed E-state index contributed by atoms with van der Waals surface area (Å²) in [4.78, 5) is 23.4. The largest absolute Gasteiger partial charge is 0.481 e. The summed E-state index contributed by atoms with van der Waals surface area (Å²) in [5.74, 6) is -0.921. The van der Waals surface area contributed by atoms with E-state index in [0.717, 1.165) is 18.5 Å². The number of H-pyrrole nitrogens is 1. The SMILES string of the molecule is O=C(O)C[C@H](NC(=O)c1cc(C2CC2)[nH]n1)c1ccc(Cl)cc1. The van der Waals surface area contributed by atoms with Crippen LogP contribution in [0.5, 0.6) is 0 Å². The highest BCUT2D eigenvalue weighted by Crippen LogP contribution is 2.39. The smallest absolute Gasteiger partial charge is 0.305 e. The van der Waals surface area contributed by atoms with Crippen LogP contribution in [0.25, 0.3) is 0 Å². The van der Waals surface area contributed by atoms with E-state index in [1.807, 2.05) is 0 Å². The van der Waals surface area contributed by atoms with Gasteiger partial charge in [0, 0.05) is 16.6 Å². The zero-order valence-electron chi connectivity index (χ0n) is 12.3. The standard InChI is InChI=1S/C16H16ClN3O3/c17-11-5-3-9(4-6-11)12(8-15(21)22)18-16(23)14-7-13(19-20-14)10-1-2-10/h3-7,10,12H,1-2,8H2,(H,18,23)(H,19,20)(H,21,22)/t12-/m0/s1. The van der Waals surface area contributed by atoms with Crippen LogP contribution in [0.4, 0.5) is 0 Å². The molecule has 1 aromatic heterocycles. The molecule has 0 spiro atoms. The first kappa shape index (κ1) is 15.6. The van der Waals surface area contributed by atoms with Gasteiger partial charge in [0.05, 0.1) is 12.5 Å². The summed E-state index contributed by atoms with van der Waals surface area (Å²) in [6.07, 6.45) is 2.00. The fraction of sp³-hybridized carbons (Fsp3) is 0.312. The number of halogens is 1. The predicted octanol–water partition coefficient (Wildman–Crippen LogP) is 2.89. The van der Waals surface area contributed by atoms with Crippen molar-refractivity contribution in [2.24, 2.45) is 0 Å². The van der Waals surface area contributed by atoms with E-state index < -0.39 is 17.9 Å². The molecule has 3 N–H and O–H groups in total. The molecular weight excluding hydrogens is 318 g/mol. The zero-order chi connectivity index (χ0) is 16.4. The first-order valence-electron chi connectivity index (χ1n) is 7.36. The number of hydrogen-bond donors (Lipinski definition) is 3. The van der Waals surface area contributed by atoms with Gasteiger partial charge < -0.3 is 10.4 Å². The molecule has 120 valence electrons. The second-order valence-electron chi connectivity index (χ2n) is 5.66. The molecule has 6 nitrogen and oxygen atoms in total. The average molecular weight is 334 g/mol. The molecule has 1 aliphatic carbocycles. The van der Waals surface area contributed by atoms with Gasteiger partial charge >= 0.3 is 5.97 Å². The molecule has 23 heavy (non-hydrogen) atoms. The number of aromatic nitrogens is 2. The third kappa shape index (κ3) is 3.90. The van der Waals surface area contributed by atoms with Crippen LogP contribution < -0.4 is 5.32 Å². The van der Waals surface area contributed by atoms with E-state index in [1.165, 1.54) is 0 Å². The van der Waals surface area contributed by atoms with E-state index in [0.29, 0.717) is 16.5 Å². The molecule has 2 aromatic rings. The monoisotopic (exact) mass is 333 g/mol. The van der Waals surface area contributed by atoms with Gasteiger partial charge in [0.15, 0.2) is 0 Å². The Morgan fingerprint density at radius 2 is 2.04 bits per heavy atom. The molecule has 1 saturated carbocycles. The van der Waals surface area contributed by atoms with Crippen LogP contribution in [-0.4, -0.2) is 27.2 Å². The molecule has 0 bridgehead atoms. The average Bonchev–Trinajstić information content (AvgIpc) is 3.24. The van der Waals surface area contributed by atoms with Crippen LogP contribution in [0, 0.1) is 0 Å². The Morgan fingerprint density at radius 1 is 1.35 bits per heavy atom. The molecule has 0 saturated heterocycles. The lowest BCUT2D eigenvalue weighted by Gasteiger charge is -2.16. The first-order valence-corrected chi connectivity index (χ1v) is 7.74. The minimum atomic E-state index is -0.994. The van der Waals surface area contributed by atoms with Gasteiger partial charge in [-0.25, -0.2) is 0 Å². The molecule has 1 fully saturated rings. The Labute approximate surface area is 137 Å². The molecule has 1 heterocycles. The van der Waals surface area contributed by atoms with Crippen molar-refractivity contribution in [3.63, 3.8) is 0 Å². The lowest BCUT2D eigenvalue weighted by Crippen LogP contribution is -2.30. The Hall–Kier alpha value is -2.34. The minimum absolute atomic E-state index is 0.215. The summed E-state index contributed by atoms with van der Waals surface area (Å²) >= 11 is 5.84. The van der Waals surface area contributed by atoms with Gasteiger partial charge in [-0.3, -0.25) is 14.7 Å². The highest BCUT2D eigenvalue weighted by atomic mass is 35.5. The number of nitrogens with zero attached hydrogens (tertiary/aromatic N) is 1. The van der Waals surface area contributed by atoms with Gasteiger partial charge in [-0.2, -0.15) is 5.10 Å². The van der Waals surface area contributed by atoms with Crippen LogP contribution in [0.15, 0.2) is 30.3 Å². The summed E-state index contributed by atoms with van der Waals surface area (Å²) in [5.41, 5.74) is 1.91. The summed E-state index contributed by atoms with van der Waals surface area (Å²) in [7, 11) is 0. The lowest BCUT2D eigenvalue weighted by atomic mass is 10.0. The highest BCUT2D eigenvalue weighted by Gasteiger charge is 2.27. The molecule has 3 rings (SSSR count). The summed E-state index contributed by atoms with van der Waals surface area (Å²) in [6.45, 7) is 0. The minimum Gasteiger partial charge on any atom is -0.481 e. The van der Waals surface area contributed by atoms with Crippen LogP contribution in [-0.2, 0) is 4.79 Å². The van der Waals surface area contributed by atoms with E-state index in [1.54, 1.807) is 30.3 Å². The third-order valence-corrected chi connectivity index (χ3v) is 4.06. The van der Waals surface area contributed by atoms with Gasteiger partial charge in [-0.15, -0.1) is 0 Å². The quantitative estimate of drug-likeness (QED) is 0.757. The van der Waals surface area contributed by atoms with E-state index in [4.69, 9.17) is 16.7 Å². The fourth-order valence-corrected chi connectivity index (χ4v) is 2.54. The van der Waals surface area contributed by atoms with Gasteiger partial charge in [0.1, 0.15) is 5.69 Å². The number of benzene rings is 1. The van der Waals surface area contributed by atoms with E-state index in [9.17, 15) is 9.59 Å². The molecule has 7 heteroatoms. The summed E-state index contributed by atoms with van der Waals surface area (Å²) in [6, 6.07) is 7.83. The molecule has 1 aromatic carbocycles. The highest BCUT2D eigenvalue weighted by molar-refractivity contribution is 6.30. The van der Waals surface area contributed by atoms with Crippen molar-refractivity contribution < 1.29 is 14.7 Å². The lowest BCUT2D eigenvalue weighted by molar-refractivity contribution is -0.137. The number of aromatic amines is 1. The van der Waals surface area contributed by atoms with Crippen molar-refractivity contribution >= 4 is 23.5 Å². The maximum absolute atomic E-state index is 12.3. The zero-order valence-corrected chi connectivity index (χ0v) is 13.0. The second kappa shape index (κ2) is 6.42. The number of hydrogen-bond acceptors (Lipinski definition) is 3. The van der Waals surface area contributed by atoms with Crippen LogP contribution >= 0.6 is 11.6 Å². The van der Waals surface area contributed by atoms with Gasteiger partial charge in [-0.05, 0) is 36.6 Å². The van der Waals surface area contributed by atoms with Crippen LogP contribution in [0.1, 0.15) is 53.0 Å². The molecule has 1 aliphatic rings. The number of carboxylic acids is 1. The number of carbonyl (C=O) groups excluding carboxylic acids is 1. The number of carboxylic acid groups (broad SMARTS) is 1. The first-order chi connectivity index (χ1) is 11.0. The van der Waals surface area contributed by atoms with Crippen LogP contribution in [0.3, 0.4) is 0 Å². The van der Waals surface area contributed by atoms with Crippen molar-refractivity contribution in [2.75, 3.05) is 0 Å². The second-order valence-corrected chi connectivity index (χ2v) is 6.09. The Balaban J connectivity index is 1.74. The molecule has 1 amide bonds. The number of aliphatic carboxylic acids is 1. The van der Waals surface area contributed by atoms with Gasteiger partial charge in [0.2, 0.25) is 0 Å². The van der Waals surface area contributed by atoms with Crippen molar-refractivity contribution in [3.05, 3.63) is 52.3 Å². The molecule has 0 unspecified atom stereocenters. The number of nitrogens with one attached hydrogen (secondary N) is 2. The van der Waals surface area contributed by atoms with Crippen molar-refractivity contribution in [3.8, 4) is 0 Å². The maximum atomic E-state index is 12.3. The van der Waals surface area contributed by atoms with E-state index >= 15 is 0 Å². The summed E-state index contributed by atoms with van der Waals surface area (Å²) in [5, 5.41) is 19.2. The molecule has 0 radical (unpaired) electrons. The fourth-order valence-electron chi connectivity index (χ4n) is 2.41. The maximum Gasteiger partial charge on any atom is 0.305 e. The van der Waals surface area contributed by atoms with Gasteiger partial charge in [-0.1, -0.05) is 23.7 Å². The van der Waals surface area contributed by atoms with Crippen molar-refractivity contribution in [1.82, 2.24) is 15.5 Å². The number of carbonyl (C=O) groups is 2. The van der Waals surface area contributed by atoms with Gasteiger partial charge in [0.25, 0.3) is 5.91 Å².